The maximum atomic E-state index is 12.0. The minimum atomic E-state index is -0.486. The van der Waals surface area contributed by atoms with Crippen LogP contribution in [0, 0.1) is 17.2 Å². The zero-order valence-corrected chi connectivity index (χ0v) is 21.2. The smallest absolute Gasteiger partial charge is 0.411 e. The van der Waals surface area contributed by atoms with Crippen LogP contribution in [-0.2, 0) is 17.8 Å². The Morgan fingerprint density at radius 2 is 2.03 bits per heavy atom. The lowest BCUT2D eigenvalue weighted by Crippen LogP contribution is -2.17. The number of benzene rings is 2. The first-order valence-electron chi connectivity index (χ1n) is 12.8. The summed E-state index contributed by atoms with van der Waals surface area (Å²) >= 11 is 0. The third-order valence-corrected chi connectivity index (χ3v) is 6.39. The van der Waals surface area contributed by atoms with Gasteiger partial charge in [-0.2, -0.15) is 10.4 Å². The number of aromatic nitrogens is 3. The number of fused-ring (bicyclic) bond motifs is 1. The third-order valence-electron chi connectivity index (χ3n) is 6.39. The maximum absolute atomic E-state index is 12.0. The van der Waals surface area contributed by atoms with Crippen LogP contribution in [0.2, 0.25) is 0 Å². The molecule has 1 amide bonds. The number of carbonyl (C=O) groups is 1. The van der Waals surface area contributed by atoms with Gasteiger partial charge in [-0.1, -0.05) is 12.1 Å². The number of anilines is 1. The predicted molar refractivity (Wildman–Crippen MR) is 142 cm³/mol. The van der Waals surface area contributed by atoms with Crippen LogP contribution in [-0.4, -0.2) is 33.2 Å². The van der Waals surface area contributed by atoms with Gasteiger partial charge in [0.1, 0.15) is 11.8 Å². The maximum Gasteiger partial charge on any atom is 0.411 e. The molecule has 8 heteroatoms. The van der Waals surface area contributed by atoms with Crippen molar-refractivity contribution in [2.75, 3.05) is 11.9 Å². The van der Waals surface area contributed by atoms with Crippen molar-refractivity contribution in [2.24, 2.45) is 5.92 Å². The molecule has 1 N–H and O–H groups in total. The summed E-state index contributed by atoms with van der Waals surface area (Å²) in [6, 6.07) is 17.9. The van der Waals surface area contributed by atoms with E-state index in [0.717, 1.165) is 47.4 Å². The summed E-state index contributed by atoms with van der Waals surface area (Å²) in [4.78, 5) is 12.0. The number of carbonyl (C=O) groups excluding carboxylic acids is 1. The number of ether oxygens (including phenoxy) is 2. The molecule has 4 aromatic rings. The van der Waals surface area contributed by atoms with Crippen molar-refractivity contribution in [1.82, 2.24) is 14.3 Å². The van der Waals surface area contributed by atoms with E-state index < -0.39 is 6.09 Å². The van der Waals surface area contributed by atoms with Gasteiger partial charge in [0.05, 0.1) is 29.5 Å². The zero-order valence-electron chi connectivity index (χ0n) is 21.2. The highest BCUT2D eigenvalue weighted by atomic mass is 16.6. The number of amides is 1. The average Bonchev–Trinajstić information content (AvgIpc) is 3.44. The number of hydrogen-bond acceptors (Lipinski definition) is 5. The van der Waals surface area contributed by atoms with Gasteiger partial charge in [0.15, 0.2) is 0 Å². The lowest BCUT2D eigenvalue weighted by Gasteiger charge is -2.13. The summed E-state index contributed by atoms with van der Waals surface area (Å²) in [5.74, 6) is 1.41. The molecule has 1 saturated carbocycles. The van der Waals surface area contributed by atoms with Gasteiger partial charge in [-0.25, -0.2) is 4.79 Å². The molecule has 2 aromatic carbocycles. The lowest BCUT2D eigenvalue weighted by atomic mass is 10.1. The van der Waals surface area contributed by atoms with E-state index in [1.807, 2.05) is 73.3 Å². The van der Waals surface area contributed by atoms with Crippen molar-refractivity contribution in [1.29, 1.82) is 5.26 Å². The number of nitrogens with one attached hydrogen (secondary N) is 1. The van der Waals surface area contributed by atoms with Crippen LogP contribution in [0.3, 0.4) is 0 Å². The van der Waals surface area contributed by atoms with Gasteiger partial charge in [-0.3, -0.25) is 10.00 Å². The van der Waals surface area contributed by atoms with Crippen molar-refractivity contribution in [3.63, 3.8) is 0 Å². The molecular weight excluding hydrogens is 466 g/mol. The van der Waals surface area contributed by atoms with Gasteiger partial charge >= 0.3 is 6.09 Å². The molecule has 2 aromatic heterocycles. The van der Waals surface area contributed by atoms with Crippen molar-refractivity contribution < 1.29 is 14.3 Å². The van der Waals surface area contributed by atoms with Crippen LogP contribution in [0.25, 0.3) is 22.2 Å². The topological polar surface area (TPSA) is 94.1 Å². The first-order valence-corrected chi connectivity index (χ1v) is 12.8. The van der Waals surface area contributed by atoms with Gasteiger partial charge in [0, 0.05) is 49.0 Å². The van der Waals surface area contributed by atoms with Crippen LogP contribution in [0.4, 0.5) is 10.5 Å². The molecule has 190 valence electrons. The lowest BCUT2D eigenvalue weighted by molar-refractivity contribution is 0.130. The Kier molecular flexibility index (Phi) is 7.13. The fraction of sp³-hybridized carbons (Fsp3) is 0.345. The monoisotopic (exact) mass is 497 g/mol. The van der Waals surface area contributed by atoms with Crippen LogP contribution >= 0.6 is 0 Å². The summed E-state index contributed by atoms with van der Waals surface area (Å²) in [6.45, 7) is 5.86. The number of rotatable bonds is 10. The van der Waals surface area contributed by atoms with Crippen molar-refractivity contribution in [3.8, 4) is 23.1 Å². The normalized spacial score (nSPS) is 13.0. The minimum Gasteiger partial charge on any atom is -0.493 e. The molecule has 1 aliphatic carbocycles. The fourth-order valence-electron chi connectivity index (χ4n) is 4.50. The van der Waals surface area contributed by atoms with E-state index in [2.05, 4.69) is 21.1 Å². The Balaban J connectivity index is 1.41. The van der Waals surface area contributed by atoms with Gasteiger partial charge < -0.3 is 14.0 Å². The molecule has 0 unspecified atom stereocenters. The highest BCUT2D eigenvalue weighted by molar-refractivity contribution is 5.95. The first kappa shape index (κ1) is 24.4. The number of nitriles is 1. The molecule has 0 bridgehead atoms. The van der Waals surface area contributed by atoms with E-state index >= 15 is 0 Å². The van der Waals surface area contributed by atoms with E-state index in [9.17, 15) is 10.1 Å². The van der Waals surface area contributed by atoms with Gasteiger partial charge in [0.25, 0.3) is 0 Å². The Bertz CT molecular complexity index is 1410. The van der Waals surface area contributed by atoms with Crippen LogP contribution in [0.1, 0.15) is 38.7 Å². The fourth-order valence-corrected chi connectivity index (χ4v) is 4.50. The zero-order chi connectivity index (χ0) is 25.8. The van der Waals surface area contributed by atoms with E-state index in [0.29, 0.717) is 23.8 Å². The molecular formula is C29H31N5O3. The van der Waals surface area contributed by atoms with E-state index in [1.165, 1.54) is 12.8 Å². The number of hydrogen-bond donors (Lipinski definition) is 1. The summed E-state index contributed by atoms with van der Waals surface area (Å²) in [6.07, 6.45) is 6.29. The van der Waals surface area contributed by atoms with Crippen molar-refractivity contribution >= 4 is 22.7 Å². The van der Waals surface area contributed by atoms with Crippen LogP contribution in [0.5, 0.6) is 5.75 Å². The van der Waals surface area contributed by atoms with Crippen LogP contribution in [0.15, 0.2) is 60.9 Å². The van der Waals surface area contributed by atoms with Crippen molar-refractivity contribution in [3.05, 3.63) is 66.5 Å². The molecule has 5 rings (SSSR count). The molecule has 8 nitrogen and oxygen atoms in total. The molecule has 1 aliphatic rings. The molecule has 0 aliphatic heterocycles. The Labute approximate surface area is 216 Å². The number of aryl methyl sites for hydroxylation is 1. The van der Waals surface area contributed by atoms with E-state index in [1.54, 1.807) is 6.20 Å². The predicted octanol–water partition coefficient (Wildman–Crippen LogP) is 6.21. The second kappa shape index (κ2) is 10.8. The molecule has 0 saturated heterocycles. The second-order valence-corrected chi connectivity index (χ2v) is 9.70. The van der Waals surface area contributed by atoms with Crippen LogP contribution < -0.4 is 10.1 Å². The van der Waals surface area contributed by atoms with Crippen molar-refractivity contribution in [2.45, 2.75) is 52.3 Å². The van der Waals surface area contributed by atoms with Gasteiger partial charge in [-0.15, -0.1) is 0 Å². The first-order chi connectivity index (χ1) is 18.0. The second-order valence-electron chi connectivity index (χ2n) is 9.70. The van der Waals surface area contributed by atoms with Gasteiger partial charge in [-0.05, 0) is 68.5 Å². The average molecular weight is 498 g/mol. The Morgan fingerprint density at radius 1 is 1.22 bits per heavy atom. The highest BCUT2D eigenvalue weighted by Gasteiger charge is 2.26. The largest absolute Gasteiger partial charge is 0.493 e. The minimum absolute atomic E-state index is 0.194. The molecule has 0 atom stereocenters. The molecule has 0 spiro atoms. The highest BCUT2D eigenvalue weighted by Crippen LogP contribution is 2.39. The van der Waals surface area contributed by atoms with Gasteiger partial charge in [0.2, 0.25) is 0 Å². The quantitative estimate of drug-likeness (QED) is 0.263. The molecule has 1 fully saturated rings. The molecule has 2 heterocycles. The third kappa shape index (κ3) is 5.78. The standard InChI is InChI=1S/C29H31N5O3/c1-20(2)37-29(35)32-23-9-7-22(8-10-23)28-26(18-30)25-12-11-24(17-27(25)34(28)19-21-5-6-21)36-16-4-15-33-14-3-13-31-33/h3,7-14,17,20-21H,4-6,15-16,19H2,1-2H3,(H,32,35). The van der Waals surface area contributed by atoms with E-state index in [4.69, 9.17) is 9.47 Å². The SMILES string of the molecule is CC(C)OC(=O)Nc1ccc(-c2c(C#N)c3ccc(OCCCn4cccn4)cc3n2CC2CC2)cc1. The Hall–Kier alpha value is -4.25. The number of nitrogens with zero attached hydrogens (tertiary/aromatic N) is 4. The Morgan fingerprint density at radius 3 is 2.70 bits per heavy atom. The summed E-state index contributed by atoms with van der Waals surface area (Å²) in [7, 11) is 0. The summed E-state index contributed by atoms with van der Waals surface area (Å²) in [5.41, 5.74) is 4.13. The molecule has 37 heavy (non-hydrogen) atoms. The van der Waals surface area contributed by atoms with E-state index in [-0.39, 0.29) is 6.10 Å². The molecule has 0 radical (unpaired) electrons. The summed E-state index contributed by atoms with van der Waals surface area (Å²) < 4.78 is 15.4. The summed E-state index contributed by atoms with van der Waals surface area (Å²) in [5, 5.41) is 18.1.